The molecule has 3 aromatic rings. The molecule has 4 nitrogen and oxygen atoms in total. The van der Waals surface area contributed by atoms with Crippen LogP contribution in [0.4, 0.5) is 24.5 Å². The number of carbonyl (C=O) groups excluding carboxylic acids is 1. The summed E-state index contributed by atoms with van der Waals surface area (Å²) < 4.78 is 44.4. The van der Waals surface area contributed by atoms with Gasteiger partial charge >= 0.3 is 6.18 Å². The van der Waals surface area contributed by atoms with Gasteiger partial charge in [0.1, 0.15) is 0 Å². The van der Waals surface area contributed by atoms with Crippen LogP contribution in [0.5, 0.6) is 0 Å². The van der Waals surface area contributed by atoms with Crippen LogP contribution in [-0.4, -0.2) is 13.0 Å². The lowest BCUT2D eigenvalue weighted by atomic mass is 10.1. The maximum absolute atomic E-state index is 13.1. The van der Waals surface area contributed by atoms with E-state index >= 15 is 0 Å². The number of anilines is 2. The van der Waals surface area contributed by atoms with E-state index in [9.17, 15) is 18.0 Å². The van der Waals surface area contributed by atoms with E-state index in [0.29, 0.717) is 12.2 Å². The molecule has 0 radical (unpaired) electrons. The normalized spacial score (nSPS) is 11.3. The number of furan rings is 1. The number of alkyl halides is 3. The second-order valence-electron chi connectivity index (χ2n) is 6.00. The first-order valence-corrected chi connectivity index (χ1v) is 8.16. The Morgan fingerprint density at radius 3 is 2.44 bits per heavy atom. The van der Waals surface area contributed by atoms with Crippen molar-refractivity contribution in [1.29, 1.82) is 0 Å². The summed E-state index contributed by atoms with van der Waals surface area (Å²) in [5.41, 5.74) is 0.675. The number of nitrogens with one attached hydrogen (secondary N) is 1. The van der Waals surface area contributed by atoms with Gasteiger partial charge in [-0.1, -0.05) is 30.3 Å². The minimum atomic E-state index is -4.51. The molecule has 0 fully saturated rings. The molecule has 0 atom stereocenters. The number of hydrogen-bond donors (Lipinski definition) is 1. The molecule has 1 N–H and O–H groups in total. The van der Waals surface area contributed by atoms with Crippen LogP contribution in [0.15, 0.2) is 71.3 Å². The van der Waals surface area contributed by atoms with Gasteiger partial charge in [0.2, 0.25) is 0 Å². The lowest BCUT2D eigenvalue weighted by Gasteiger charge is -2.24. The lowest BCUT2D eigenvalue weighted by molar-refractivity contribution is -0.137. The zero-order chi connectivity index (χ0) is 19.4. The summed E-state index contributed by atoms with van der Waals surface area (Å²) in [4.78, 5) is 14.0. The standard InChI is InChI=1S/C20H17F3N2O2/c1-25(13-14-6-3-2-4-7-14)17-10-9-15(20(21,22)23)12-16(17)24-19(26)18-8-5-11-27-18/h2-12H,13H2,1H3,(H,24,26). The molecule has 0 aliphatic heterocycles. The molecule has 0 saturated carbocycles. The van der Waals surface area contributed by atoms with Crippen LogP contribution >= 0.6 is 0 Å². The molecular formula is C20H17F3N2O2. The third kappa shape index (κ3) is 4.49. The monoisotopic (exact) mass is 374 g/mol. The molecule has 0 aliphatic rings. The van der Waals surface area contributed by atoms with Crippen molar-refractivity contribution in [3.05, 3.63) is 83.8 Å². The summed E-state index contributed by atoms with van der Waals surface area (Å²) in [6, 6.07) is 15.7. The summed E-state index contributed by atoms with van der Waals surface area (Å²) >= 11 is 0. The van der Waals surface area contributed by atoms with Gasteiger partial charge in [0, 0.05) is 13.6 Å². The Kier molecular flexibility index (Phi) is 5.21. The Labute approximate surface area is 154 Å². The molecule has 0 aliphatic carbocycles. The Morgan fingerprint density at radius 2 is 1.81 bits per heavy atom. The molecule has 0 unspecified atom stereocenters. The third-order valence-corrected chi connectivity index (χ3v) is 3.99. The van der Waals surface area contributed by atoms with Crippen LogP contribution in [0, 0.1) is 0 Å². The number of amides is 1. The van der Waals surface area contributed by atoms with Crippen LogP contribution in [-0.2, 0) is 12.7 Å². The van der Waals surface area contributed by atoms with E-state index < -0.39 is 17.6 Å². The number of carbonyl (C=O) groups is 1. The summed E-state index contributed by atoms with van der Waals surface area (Å²) in [5.74, 6) is -0.599. The van der Waals surface area contributed by atoms with E-state index in [2.05, 4.69) is 5.32 Å². The smallest absolute Gasteiger partial charge is 0.416 e. The third-order valence-electron chi connectivity index (χ3n) is 3.99. The van der Waals surface area contributed by atoms with Crippen molar-refractivity contribution in [2.24, 2.45) is 0 Å². The number of rotatable bonds is 5. The highest BCUT2D eigenvalue weighted by atomic mass is 19.4. The van der Waals surface area contributed by atoms with Crippen LogP contribution in [0.2, 0.25) is 0 Å². The molecule has 1 heterocycles. The average molecular weight is 374 g/mol. The summed E-state index contributed by atoms with van der Waals surface area (Å²) in [6.07, 6.45) is -3.19. The van der Waals surface area contributed by atoms with E-state index in [1.54, 1.807) is 11.9 Å². The quantitative estimate of drug-likeness (QED) is 0.669. The highest BCUT2D eigenvalue weighted by Crippen LogP contribution is 2.35. The zero-order valence-corrected chi connectivity index (χ0v) is 14.5. The van der Waals surface area contributed by atoms with Crippen molar-refractivity contribution in [2.45, 2.75) is 12.7 Å². The van der Waals surface area contributed by atoms with Gasteiger partial charge in [-0.25, -0.2) is 0 Å². The first kappa shape index (κ1) is 18.6. The maximum Gasteiger partial charge on any atom is 0.416 e. The Balaban J connectivity index is 1.92. The van der Waals surface area contributed by atoms with Crippen LogP contribution < -0.4 is 10.2 Å². The molecule has 7 heteroatoms. The lowest BCUT2D eigenvalue weighted by Crippen LogP contribution is -2.21. The molecule has 3 rings (SSSR count). The molecule has 1 amide bonds. The second kappa shape index (κ2) is 7.57. The summed E-state index contributed by atoms with van der Waals surface area (Å²) in [6.45, 7) is 0.468. The van der Waals surface area contributed by atoms with Crippen molar-refractivity contribution < 1.29 is 22.4 Å². The molecule has 1 aromatic heterocycles. The average Bonchev–Trinajstić information content (AvgIpc) is 3.16. The fourth-order valence-corrected chi connectivity index (χ4v) is 2.68. The Morgan fingerprint density at radius 1 is 1.07 bits per heavy atom. The van der Waals surface area contributed by atoms with Crippen molar-refractivity contribution in [3.63, 3.8) is 0 Å². The fourth-order valence-electron chi connectivity index (χ4n) is 2.68. The van der Waals surface area contributed by atoms with Gasteiger partial charge in [-0.2, -0.15) is 13.2 Å². The maximum atomic E-state index is 13.1. The van der Waals surface area contributed by atoms with Crippen LogP contribution in [0.1, 0.15) is 21.7 Å². The zero-order valence-electron chi connectivity index (χ0n) is 14.5. The van der Waals surface area contributed by atoms with Gasteiger partial charge in [-0.3, -0.25) is 4.79 Å². The van der Waals surface area contributed by atoms with E-state index in [1.807, 2.05) is 30.3 Å². The first-order valence-electron chi connectivity index (χ1n) is 8.16. The van der Waals surface area contributed by atoms with Gasteiger partial charge in [0.15, 0.2) is 5.76 Å². The van der Waals surface area contributed by atoms with Crippen LogP contribution in [0.25, 0.3) is 0 Å². The van der Waals surface area contributed by atoms with Crippen molar-refractivity contribution >= 4 is 17.3 Å². The Bertz CT molecular complexity index is 907. The highest BCUT2D eigenvalue weighted by Gasteiger charge is 2.31. The van der Waals surface area contributed by atoms with Gasteiger partial charge in [-0.05, 0) is 35.9 Å². The molecule has 0 bridgehead atoms. The summed E-state index contributed by atoms with van der Waals surface area (Å²) in [7, 11) is 1.75. The largest absolute Gasteiger partial charge is 0.459 e. The Hall–Kier alpha value is -3.22. The molecule has 140 valence electrons. The van der Waals surface area contributed by atoms with E-state index in [4.69, 9.17) is 4.42 Å². The van der Waals surface area contributed by atoms with E-state index in [1.165, 1.54) is 24.5 Å². The van der Waals surface area contributed by atoms with Gasteiger partial charge in [0.05, 0.1) is 23.2 Å². The molecule has 27 heavy (non-hydrogen) atoms. The minimum absolute atomic E-state index is 0.0177. The first-order chi connectivity index (χ1) is 12.8. The predicted octanol–water partition coefficient (Wildman–Crippen LogP) is 5.19. The molecule has 2 aromatic carbocycles. The highest BCUT2D eigenvalue weighted by molar-refractivity contribution is 6.04. The topological polar surface area (TPSA) is 45.5 Å². The van der Waals surface area contributed by atoms with E-state index in [-0.39, 0.29) is 11.4 Å². The van der Waals surface area contributed by atoms with Crippen molar-refractivity contribution in [2.75, 3.05) is 17.3 Å². The van der Waals surface area contributed by atoms with Crippen LogP contribution in [0.3, 0.4) is 0 Å². The predicted molar refractivity (Wildman–Crippen MR) is 96.7 cm³/mol. The SMILES string of the molecule is CN(Cc1ccccc1)c1ccc(C(F)(F)F)cc1NC(=O)c1ccco1. The molecule has 0 spiro atoms. The minimum Gasteiger partial charge on any atom is -0.459 e. The van der Waals surface area contributed by atoms with Crippen molar-refractivity contribution in [1.82, 2.24) is 0 Å². The number of benzene rings is 2. The van der Waals surface area contributed by atoms with Gasteiger partial charge < -0.3 is 14.6 Å². The second-order valence-corrected chi connectivity index (χ2v) is 6.00. The van der Waals surface area contributed by atoms with E-state index in [0.717, 1.165) is 17.7 Å². The fraction of sp³-hybridized carbons (Fsp3) is 0.150. The summed E-state index contributed by atoms with van der Waals surface area (Å²) in [5, 5.41) is 2.52. The number of nitrogens with zero attached hydrogens (tertiary/aromatic N) is 1. The molecular weight excluding hydrogens is 357 g/mol. The van der Waals surface area contributed by atoms with Crippen molar-refractivity contribution in [3.8, 4) is 0 Å². The number of halogens is 3. The van der Waals surface area contributed by atoms with Gasteiger partial charge in [0.25, 0.3) is 5.91 Å². The van der Waals surface area contributed by atoms with Gasteiger partial charge in [-0.15, -0.1) is 0 Å². The molecule has 0 saturated heterocycles. The number of hydrogen-bond acceptors (Lipinski definition) is 3.